The van der Waals surface area contributed by atoms with Gasteiger partial charge in [0, 0.05) is 30.1 Å². The molecule has 10 heteroatoms. The number of imidazole rings is 2. The van der Waals surface area contributed by atoms with Crippen molar-refractivity contribution in [2.24, 2.45) is 0 Å². The summed E-state index contributed by atoms with van der Waals surface area (Å²) in [5.74, 6) is 0.595. The van der Waals surface area contributed by atoms with Crippen molar-refractivity contribution in [1.29, 1.82) is 0 Å². The van der Waals surface area contributed by atoms with E-state index in [1.54, 1.807) is 19.2 Å². The number of aryl methyl sites for hydroxylation is 2. The van der Waals surface area contributed by atoms with E-state index in [4.69, 9.17) is 9.72 Å². The van der Waals surface area contributed by atoms with Gasteiger partial charge in [-0.3, -0.25) is 0 Å². The maximum absolute atomic E-state index is 13.8. The standard InChI is InChI=1S/C24H21BrF3N5O/c1-14-11-33(13-29-14)21-8-7-19(31-23(21)34-2)20-12-32-9-3-4-17(22(32)30-20)16-6-5-15(25)10-18(16)24(26,27)28/h5-8,10-13,17H,3-4,9H2,1-2H3/p+1. The number of fused-ring (bicyclic) bond motifs is 1. The van der Waals surface area contributed by atoms with Gasteiger partial charge in [0.05, 0.1) is 18.4 Å². The van der Waals surface area contributed by atoms with E-state index in [1.807, 2.05) is 46.9 Å². The van der Waals surface area contributed by atoms with Crippen molar-refractivity contribution >= 4 is 15.9 Å². The number of aromatic amines is 1. The zero-order chi connectivity index (χ0) is 24.0. The zero-order valence-corrected chi connectivity index (χ0v) is 20.1. The van der Waals surface area contributed by atoms with Gasteiger partial charge in [-0.2, -0.15) is 17.7 Å². The molecule has 0 bridgehead atoms. The van der Waals surface area contributed by atoms with E-state index in [0.717, 1.165) is 23.9 Å². The van der Waals surface area contributed by atoms with Gasteiger partial charge in [-0.05, 0) is 42.7 Å². The third-order valence-corrected chi connectivity index (χ3v) is 6.54. The number of alkyl halides is 3. The molecule has 0 radical (unpaired) electrons. The molecule has 1 N–H and O–H groups in total. The first-order valence-corrected chi connectivity index (χ1v) is 11.6. The molecule has 176 valence electrons. The zero-order valence-electron chi connectivity index (χ0n) is 18.5. The minimum absolute atomic E-state index is 0.244. The van der Waals surface area contributed by atoms with Crippen molar-refractivity contribution < 1.29 is 22.5 Å². The van der Waals surface area contributed by atoms with E-state index in [0.29, 0.717) is 40.5 Å². The number of methoxy groups -OCH3 is 1. The van der Waals surface area contributed by atoms with Crippen molar-refractivity contribution in [1.82, 2.24) is 19.5 Å². The number of nitrogens with one attached hydrogen (secondary N) is 1. The van der Waals surface area contributed by atoms with Crippen molar-refractivity contribution in [2.75, 3.05) is 7.11 Å². The van der Waals surface area contributed by atoms with Gasteiger partial charge in [-0.15, -0.1) is 0 Å². The Hall–Kier alpha value is -3.14. The van der Waals surface area contributed by atoms with Crippen molar-refractivity contribution in [3.05, 3.63) is 76.2 Å². The summed E-state index contributed by atoms with van der Waals surface area (Å²) in [6.45, 7) is 2.65. The average Bonchev–Trinajstić information content (AvgIpc) is 3.44. The Labute approximate surface area is 202 Å². The van der Waals surface area contributed by atoms with Crippen LogP contribution in [0, 0.1) is 6.92 Å². The van der Waals surface area contributed by atoms with Crippen LogP contribution < -0.4 is 9.30 Å². The first kappa shape index (κ1) is 22.6. The molecule has 4 aromatic rings. The molecule has 34 heavy (non-hydrogen) atoms. The normalized spacial score (nSPS) is 15.9. The average molecular weight is 533 g/mol. The van der Waals surface area contributed by atoms with E-state index in [-0.39, 0.29) is 5.56 Å². The molecular weight excluding hydrogens is 511 g/mol. The highest BCUT2D eigenvalue weighted by Gasteiger charge is 2.37. The molecule has 3 aromatic heterocycles. The number of pyridine rings is 1. The van der Waals surface area contributed by atoms with E-state index in [2.05, 4.69) is 25.9 Å². The molecule has 0 fully saturated rings. The van der Waals surface area contributed by atoms with Crippen LogP contribution in [-0.2, 0) is 12.7 Å². The second kappa shape index (κ2) is 8.57. The number of nitrogens with zero attached hydrogens (tertiary/aromatic N) is 4. The first-order valence-electron chi connectivity index (χ1n) is 10.8. The molecule has 0 saturated carbocycles. The van der Waals surface area contributed by atoms with Gasteiger partial charge in [0.2, 0.25) is 6.33 Å². The van der Waals surface area contributed by atoms with Crippen LogP contribution >= 0.6 is 15.9 Å². The van der Waals surface area contributed by atoms with Gasteiger partial charge in [-0.25, -0.2) is 15.0 Å². The molecule has 6 nitrogen and oxygen atoms in total. The number of H-pyrrole nitrogens is 1. The lowest BCUT2D eigenvalue weighted by molar-refractivity contribution is -0.595. The molecule has 1 aromatic carbocycles. The summed E-state index contributed by atoms with van der Waals surface area (Å²) in [5.41, 5.74) is 2.57. The van der Waals surface area contributed by atoms with E-state index in [9.17, 15) is 13.2 Å². The van der Waals surface area contributed by atoms with Crippen LogP contribution in [0.4, 0.5) is 13.2 Å². The minimum atomic E-state index is -4.45. The molecule has 1 aliphatic heterocycles. The van der Waals surface area contributed by atoms with E-state index >= 15 is 0 Å². The fourth-order valence-corrected chi connectivity index (χ4v) is 4.86. The first-order chi connectivity index (χ1) is 16.2. The molecule has 1 unspecified atom stereocenters. The smallest absolute Gasteiger partial charge is 0.416 e. The molecule has 4 heterocycles. The Morgan fingerprint density at radius 3 is 2.71 bits per heavy atom. The van der Waals surface area contributed by atoms with Gasteiger partial charge in [0.25, 0.3) is 5.88 Å². The van der Waals surface area contributed by atoms with Crippen LogP contribution in [0.3, 0.4) is 0 Å². The second-order valence-electron chi connectivity index (χ2n) is 8.32. The third-order valence-electron chi connectivity index (χ3n) is 6.05. The van der Waals surface area contributed by atoms with Gasteiger partial charge >= 0.3 is 6.18 Å². The lowest BCUT2D eigenvalue weighted by Crippen LogP contribution is -2.28. The monoisotopic (exact) mass is 532 g/mol. The van der Waals surface area contributed by atoms with Gasteiger partial charge in [0.1, 0.15) is 23.4 Å². The van der Waals surface area contributed by atoms with Crippen molar-refractivity contribution in [3.8, 4) is 23.0 Å². The summed E-state index contributed by atoms with van der Waals surface area (Å²) in [6.07, 6.45) is 2.51. The summed E-state index contributed by atoms with van der Waals surface area (Å²) in [4.78, 5) is 12.5. The fourth-order valence-electron chi connectivity index (χ4n) is 4.49. The van der Waals surface area contributed by atoms with Crippen LogP contribution in [0.1, 0.15) is 41.4 Å². The van der Waals surface area contributed by atoms with Crippen LogP contribution in [0.5, 0.6) is 5.88 Å². The summed E-state index contributed by atoms with van der Waals surface area (Å²) in [6, 6.07) is 8.08. The summed E-state index contributed by atoms with van der Waals surface area (Å²) >= 11 is 3.17. The van der Waals surface area contributed by atoms with Crippen LogP contribution in [0.2, 0.25) is 0 Å². The maximum Gasteiger partial charge on any atom is 0.416 e. The third kappa shape index (κ3) is 4.11. The number of aromatic nitrogens is 5. The molecule has 0 amide bonds. The number of halogens is 4. The minimum Gasteiger partial charge on any atom is -0.478 e. The topological polar surface area (TPSA) is 59.6 Å². The van der Waals surface area contributed by atoms with E-state index in [1.165, 1.54) is 0 Å². The Morgan fingerprint density at radius 1 is 1.18 bits per heavy atom. The Morgan fingerprint density at radius 2 is 2.00 bits per heavy atom. The second-order valence-corrected chi connectivity index (χ2v) is 9.24. The number of ether oxygens (including phenoxy) is 1. The Balaban J connectivity index is 1.55. The van der Waals surface area contributed by atoms with Crippen molar-refractivity contribution in [2.45, 2.75) is 38.4 Å². The lowest BCUT2D eigenvalue weighted by Gasteiger charge is -2.26. The van der Waals surface area contributed by atoms with Crippen molar-refractivity contribution in [3.63, 3.8) is 0 Å². The lowest BCUT2D eigenvalue weighted by atomic mass is 9.87. The number of rotatable bonds is 4. The van der Waals surface area contributed by atoms with Crippen LogP contribution in [0.15, 0.2) is 53.5 Å². The molecule has 5 rings (SSSR count). The van der Waals surface area contributed by atoms with Gasteiger partial charge in [0.15, 0.2) is 5.69 Å². The SMILES string of the molecule is COc1nc(-c2cn3c(n2)C(c2ccc(Br)cc2C(F)(F)F)CCC3)ccc1-[n+]1c[nH]c(C)c1. The highest BCUT2D eigenvalue weighted by atomic mass is 79.9. The molecule has 1 aliphatic rings. The molecule has 0 saturated heterocycles. The number of hydrogen-bond acceptors (Lipinski definition) is 3. The largest absolute Gasteiger partial charge is 0.478 e. The molecular formula is C24H22BrF3N5O+. The maximum atomic E-state index is 13.8. The fraction of sp³-hybridized carbons (Fsp3) is 0.292. The summed E-state index contributed by atoms with van der Waals surface area (Å²) in [7, 11) is 1.55. The van der Waals surface area contributed by atoms with Gasteiger partial charge < -0.3 is 9.30 Å². The highest BCUT2D eigenvalue weighted by molar-refractivity contribution is 9.10. The molecule has 0 aliphatic carbocycles. The molecule has 1 atom stereocenters. The van der Waals surface area contributed by atoms with E-state index < -0.39 is 17.7 Å². The number of benzene rings is 1. The highest BCUT2D eigenvalue weighted by Crippen LogP contribution is 2.42. The Bertz CT molecular complexity index is 1360. The molecule has 0 spiro atoms. The predicted octanol–water partition coefficient (Wildman–Crippen LogP) is 5.57. The summed E-state index contributed by atoms with van der Waals surface area (Å²) in [5, 5.41) is 0. The quantitative estimate of drug-likeness (QED) is 0.349. The number of hydrogen-bond donors (Lipinski definition) is 1. The van der Waals surface area contributed by atoms with Gasteiger partial charge in [-0.1, -0.05) is 22.0 Å². The predicted molar refractivity (Wildman–Crippen MR) is 123 cm³/mol. The Kier molecular flexibility index (Phi) is 5.71. The van der Waals surface area contributed by atoms with Crippen LogP contribution in [0.25, 0.3) is 17.1 Å². The summed E-state index contributed by atoms with van der Waals surface area (Å²) < 4.78 is 51.2. The van der Waals surface area contributed by atoms with Crippen LogP contribution in [-0.4, -0.2) is 26.6 Å².